The number of aliphatic hydroxyl groups is 1. The van der Waals surface area contributed by atoms with Crippen molar-refractivity contribution in [2.75, 3.05) is 33.5 Å². The lowest BCUT2D eigenvalue weighted by Gasteiger charge is -2.25. The van der Waals surface area contributed by atoms with Crippen molar-refractivity contribution < 1.29 is 28.9 Å². The molecule has 1 atom stereocenters. The number of nitrogens with zero attached hydrogens (tertiary/aromatic N) is 1. The number of likely N-dealkylation sites (tertiary alicyclic amines) is 1. The van der Waals surface area contributed by atoms with Crippen LogP contribution in [0.15, 0.2) is 54.1 Å². The molecule has 34 heavy (non-hydrogen) atoms. The van der Waals surface area contributed by atoms with Crippen molar-refractivity contribution in [3.05, 3.63) is 65.2 Å². The summed E-state index contributed by atoms with van der Waals surface area (Å²) in [7, 11) is 1.59. The van der Waals surface area contributed by atoms with Gasteiger partial charge in [0.15, 0.2) is 0 Å². The van der Waals surface area contributed by atoms with Crippen molar-refractivity contribution in [2.24, 2.45) is 0 Å². The molecule has 7 heteroatoms. The van der Waals surface area contributed by atoms with Crippen LogP contribution in [-0.4, -0.2) is 55.2 Å². The number of ether oxygens (including phenoxy) is 3. The lowest BCUT2D eigenvalue weighted by Crippen LogP contribution is -2.31. The molecule has 2 aromatic rings. The van der Waals surface area contributed by atoms with Crippen LogP contribution < -0.4 is 9.47 Å². The third kappa shape index (κ3) is 5.78. The monoisotopic (exact) mass is 467 g/mol. The zero-order valence-electron chi connectivity index (χ0n) is 20.1. The number of ketones is 1. The van der Waals surface area contributed by atoms with Gasteiger partial charge >= 0.3 is 0 Å². The molecule has 1 saturated heterocycles. The van der Waals surface area contributed by atoms with Gasteiger partial charge in [0.1, 0.15) is 17.3 Å². The highest BCUT2D eigenvalue weighted by Gasteiger charge is 2.45. The predicted molar refractivity (Wildman–Crippen MR) is 130 cm³/mol. The molecule has 0 aromatic heterocycles. The summed E-state index contributed by atoms with van der Waals surface area (Å²) in [4.78, 5) is 27.6. The SMILES string of the molecule is CCCOc1ccc(C2/C(=C(\O)c3cccc(OCCC)c3)C(=O)C(=O)N2CCCOC)cc1. The fraction of sp³-hybridized carbons (Fsp3) is 0.407. The third-order valence-corrected chi connectivity index (χ3v) is 5.54. The van der Waals surface area contributed by atoms with Crippen LogP contribution in [0.5, 0.6) is 11.5 Å². The number of methoxy groups -OCH3 is 1. The fourth-order valence-electron chi connectivity index (χ4n) is 3.91. The molecule has 1 amide bonds. The first kappa shape index (κ1) is 25.3. The van der Waals surface area contributed by atoms with Crippen LogP contribution in [-0.2, 0) is 14.3 Å². The number of Topliss-reactive ketones (excluding diaryl/α,β-unsaturated/α-hetero) is 1. The molecular weight excluding hydrogens is 434 g/mol. The molecule has 2 aromatic carbocycles. The van der Waals surface area contributed by atoms with Crippen LogP contribution in [0, 0.1) is 0 Å². The number of carbonyl (C=O) groups is 2. The number of aliphatic hydroxyl groups excluding tert-OH is 1. The number of hydrogen-bond donors (Lipinski definition) is 1. The van der Waals surface area contributed by atoms with Gasteiger partial charge in [-0.25, -0.2) is 0 Å². The lowest BCUT2D eigenvalue weighted by molar-refractivity contribution is -0.140. The Morgan fingerprint density at radius 2 is 1.62 bits per heavy atom. The maximum Gasteiger partial charge on any atom is 0.295 e. The van der Waals surface area contributed by atoms with Crippen LogP contribution in [0.1, 0.15) is 50.3 Å². The van der Waals surface area contributed by atoms with Gasteiger partial charge in [0.2, 0.25) is 0 Å². The van der Waals surface area contributed by atoms with Gasteiger partial charge < -0.3 is 24.2 Å². The van der Waals surface area contributed by atoms with E-state index in [1.165, 1.54) is 4.90 Å². The molecule has 1 fully saturated rings. The summed E-state index contributed by atoms with van der Waals surface area (Å²) in [6.07, 6.45) is 2.31. The molecule has 1 aliphatic heterocycles. The summed E-state index contributed by atoms with van der Waals surface area (Å²) in [5.74, 6) is -0.249. The Hall–Kier alpha value is -3.32. The van der Waals surface area contributed by atoms with Gasteiger partial charge in [0, 0.05) is 25.8 Å². The largest absolute Gasteiger partial charge is 0.507 e. The Morgan fingerprint density at radius 3 is 2.26 bits per heavy atom. The normalized spacial score (nSPS) is 17.3. The Morgan fingerprint density at radius 1 is 0.941 bits per heavy atom. The van der Waals surface area contributed by atoms with E-state index in [2.05, 4.69) is 0 Å². The lowest BCUT2D eigenvalue weighted by atomic mass is 9.95. The van der Waals surface area contributed by atoms with Crippen molar-refractivity contribution in [1.29, 1.82) is 0 Å². The second-order valence-corrected chi connectivity index (χ2v) is 8.13. The maximum absolute atomic E-state index is 13.1. The van der Waals surface area contributed by atoms with Crippen LogP contribution in [0.3, 0.4) is 0 Å². The molecular formula is C27H33NO6. The molecule has 0 bridgehead atoms. The molecule has 0 aliphatic carbocycles. The van der Waals surface area contributed by atoms with E-state index < -0.39 is 17.7 Å². The summed E-state index contributed by atoms with van der Waals surface area (Å²) >= 11 is 0. The van der Waals surface area contributed by atoms with Gasteiger partial charge in [-0.1, -0.05) is 38.1 Å². The first-order chi connectivity index (χ1) is 16.5. The molecule has 7 nitrogen and oxygen atoms in total. The average Bonchev–Trinajstić information content (AvgIpc) is 3.11. The van der Waals surface area contributed by atoms with E-state index in [0.29, 0.717) is 49.8 Å². The second-order valence-electron chi connectivity index (χ2n) is 8.13. The van der Waals surface area contributed by atoms with Gasteiger partial charge in [-0.3, -0.25) is 9.59 Å². The van der Waals surface area contributed by atoms with Crippen molar-refractivity contribution in [3.63, 3.8) is 0 Å². The molecule has 1 unspecified atom stereocenters. The van der Waals surface area contributed by atoms with E-state index in [1.807, 2.05) is 38.1 Å². The third-order valence-electron chi connectivity index (χ3n) is 5.54. The molecule has 0 radical (unpaired) electrons. The minimum Gasteiger partial charge on any atom is -0.507 e. The van der Waals surface area contributed by atoms with Gasteiger partial charge in [-0.15, -0.1) is 0 Å². The van der Waals surface area contributed by atoms with Crippen LogP contribution in [0.4, 0.5) is 0 Å². The quantitative estimate of drug-likeness (QED) is 0.210. The van der Waals surface area contributed by atoms with Gasteiger partial charge in [0.25, 0.3) is 11.7 Å². The van der Waals surface area contributed by atoms with E-state index >= 15 is 0 Å². The number of hydrogen-bond acceptors (Lipinski definition) is 6. The van der Waals surface area contributed by atoms with Crippen LogP contribution in [0.2, 0.25) is 0 Å². The van der Waals surface area contributed by atoms with Crippen LogP contribution in [0.25, 0.3) is 5.76 Å². The molecule has 1 aliphatic rings. The Balaban J connectivity index is 2.03. The van der Waals surface area contributed by atoms with Crippen LogP contribution >= 0.6 is 0 Å². The summed E-state index contributed by atoms with van der Waals surface area (Å²) < 4.78 is 16.5. The van der Waals surface area contributed by atoms with Crippen molar-refractivity contribution in [1.82, 2.24) is 4.90 Å². The number of carbonyl (C=O) groups excluding carboxylic acids is 2. The second kappa shape index (κ2) is 12.2. The standard InChI is InChI=1S/C27H33NO6/c1-4-15-33-21-12-10-19(11-13-21)24-23(26(30)27(31)28(24)14-7-17-32-3)25(29)20-8-6-9-22(18-20)34-16-5-2/h6,8-13,18,24,29H,4-5,7,14-17H2,1-3H3/b25-23+. The summed E-state index contributed by atoms with van der Waals surface area (Å²) in [6.45, 7) is 5.97. The number of benzene rings is 2. The highest BCUT2D eigenvalue weighted by Crippen LogP contribution is 2.40. The zero-order chi connectivity index (χ0) is 24.5. The topological polar surface area (TPSA) is 85.3 Å². The Kier molecular flexibility index (Phi) is 9.10. The van der Waals surface area contributed by atoms with E-state index in [9.17, 15) is 14.7 Å². The Labute approximate surface area is 200 Å². The highest BCUT2D eigenvalue weighted by molar-refractivity contribution is 6.46. The first-order valence-corrected chi connectivity index (χ1v) is 11.7. The maximum atomic E-state index is 13.1. The summed E-state index contributed by atoms with van der Waals surface area (Å²) in [6, 6.07) is 13.5. The minimum absolute atomic E-state index is 0.0669. The zero-order valence-corrected chi connectivity index (χ0v) is 20.1. The smallest absolute Gasteiger partial charge is 0.295 e. The fourth-order valence-corrected chi connectivity index (χ4v) is 3.91. The molecule has 182 valence electrons. The molecule has 0 saturated carbocycles. The average molecular weight is 468 g/mol. The van der Waals surface area contributed by atoms with E-state index in [-0.39, 0.29) is 11.3 Å². The molecule has 0 spiro atoms. The highest BCUT2D eigenvalue weighted by atomic mass is 16.5. The molecule has 1 heterocycles. The predicted octanol–water partition coefficient (Wildman–Crippen LogP) is 4.72. The van der Waals surface area contributed by atoms with E-state index in [4.69, 9.17) is 14.2 Å². The molecule has 3 rings (SSSR count). The van der Waals surface area contributed by atoms with Gasteiger partial charge in [-0.05, 0) is 49.1 Å². The summed E-state index contributed by atoms with van der Waals surface area (Å²) in [5, 5.41) is 11.2. The van der Waals surface area contributed by atoms with Gasteiger partial charge in [0.05, 0.1) is 24.8 Å². The summed E-state index contributed by atoms with van der Waals surface area (Å²) in [5.41, 5.74) is 1.22. The van der Waals surface area contributed by atoms with Crippen molar-refractivity contribution >= 4 is 17.4 Å². The Bertz CT molecular complexity index is 1010. The number of rotatable bonds is 12. The number of amides is 1. The van der Waals surface area contributed by atoms with Crippen molar-refractivity contribution in [2.45, 2.75) is 39.2 Å². The first-order valence-electron chi connectivity index (χ1n) is 11.7. The molecule has 1 N–H and O–H groups in total. The van der Waals surface area contributed by atoms with E-state index in [1.54, 1.807) is 31.4 Å². The van der Waals surface area contributed by atoms with E-state index in [0.717, 1.165) is 18.4 Å². The van der Waals surface area contributed by atoms with Crippen molar-refractivity contribution in [3.8, 4) is 11.5 Å². The van der Waals surface area contributed by atoms with Gasteiger partial charge in [-0.2, -0.15) is 0 Å². The minimum atomic E-state index is -0.711.